The number of aryl methyl sites for hydroxylation is 3. The summed E-state index contributed by atoms with van der Waals surface area (Å²) in [6.45, 7) is 2.03. The van der Waals surface area contributed by atoms with Crippen molar-refractivity contribution >= 4 is 11.6 Å². The van der Waals surface area contributed by atoms with Crippen LogP contribution in [-0.4, -0.2) is 0 Å². The lowest BCUT2D eigenvalue weighted by atomic mass is 9.99. The summed E-state index contributed by atoms with van der Waals surface area (Å²) < 4.78 is 14.2. The van der Waals surface area contributed by atoms with Gasteiger partial charge in [-0.2, -0.15) is 0 Å². The average molecular weight is 339 g/mol. The van der Waals surface area contributed by atoms with Crippen LogP contribution < -0.4 is 0 Å². The predicted molar refractivity (Wildman–Crippen MR) is 100 cm³/mol. The van der Waals surface area contributed by atoms with E-state index in [1.807, 2.05) is 43.3 Å². The zero-order chi connectivity index (χ0) is 16.9. The van der Waals surface area contributed by atoms with Crippen LogP contribution >= 0.6 is 11.6 Å². The minimum atomic E-state index is -0.150. The van der Waals surface area contributed by atoms with E-state index in [-0.39, 0.29) is 5.82 Å². The monoisotopic (exact) mass is 338 g/mol. The van der Waals surface area contributed by atoms with E-state index in [9.17, 15) is 4.39 Å². The molecule has 122 valence electrons. The SMILES string of the molecule is CCc1ccc(-c2ccc(CCc3ccc(Cl)cc3)cc2)c(F)c1. The number of halogens is 2. The highest BCUT2D eigenvalue weighted by Gasteiger charge is 2.06. The molecule has 0 fully saturated rings. The van der Waals surface area contributed by atoms with E-state index in [0.717, 1.165) is 35.4 Å². The molecule has 3 rings (SSSR count). The third-order valence-electron chi connectivity index (χ3n) is 4.32. The van der Waals surface area contributed by atoms with Crippen molar-refractivity contribution < 1.29 is 4.39 Å². The Morgan fingerprint density at radius 1 is 0.750 bits per heavy atom. The second kappa shape index (κ2) is 7.63. The molecule has 2 heteroatoms. The zero-order valence-corrected chi connectivity index (χ0v) is 14.5. The fraction of sp³-hybridized carbons (Fsp3) is 0.182. The molecule has 0 aliphatic carbocycles. The Hall–Kier alpha value is -2.12. The van der Waals surface area contributed by atoms with Gasteiger partial charge in [-0.15, -0.1) is 0 Å². The fourth-order valence-corrected chi connectivity index (χ4v) is 2.93. The Morgan fingerprint density at radius 3 is 1.83 bits per heavy atom. The van der Waals surface area contributed by atoms with Crippen molar-refractivity contribution in [2.75, 3.05) is 0 Å². The maximum absolute atomic E-state index is 14.2. The quantitative estimate of drug-likeness (QED) is 0.498. The molecule has 3 aromatic carbocycles. The number of benzene rings is 3. The van der Waals surface area contributed by atoms with Crippen molar-refractivity contribution in [2.24, 2.45) is 0 Å². The molecule has 0 bridgehead atoms. The molecular weight excluding hydrogens is 319 g/mol. The van der Waals surface area contributed by atoms with Gasteiger partial charge in [0.2, 0.25) is 0 Å². The van der Waals surface area contributed by atoms with E-state index < -0.39 is 0 Å². The Morgan fingerprint density at radius 2 is 1.29 bits per heavy atom. The average Bonchev–Trinajstić information content (AvgIpc) is 2.62. The summed E-state index contributed by atoms with van der Waals surface area (Å²) in [7, 11) is 0. The van der Waals surface area contributed by atoms with Crippen molar-refractivity contribution in [3.8, 4) is 11.1 Å². The number of hydrogen-bond donors (Lipinski definition) is 0. The summed E-state index contributed by atoms with van der Waals surface area (Å²) >= 11 is 5.91. The minimum Gasteiger partial charge on any atom is -0.206 e. The highest BCUT2D eigenvalue weighted by Crippen LogP contribution is 2.24. The summed E-state index contributed by atoms with van der Waals surface area (Å²) in [5, 5.41) is 0.763. The largest absolute Gasteiger partial charge is 0.206 e. The van der Waals surface area contributed by atoms with Crippen LogP contribution in [0.4, 0.5) is 4.39 Å². The van der Waals surface area contributed by atoms with Gasteiger partial charge in [0, 0.05) is 10.6 Å². The highest BCUT2D eigenvalue weighted by molar-refractivity contribution is 6.30. The van der Waals surface area contributed by atoms with Crippen molar-refractivity contribution in [1.29, 1.82) is 0 Å². The first-order valence-corrected chi connectivity index (χ1v) is 8.65. The lowest BCUT2D eigenvalue weighted by Gasteiger charge is -2.07. The summed E-state index contributed by atoms with van der Waals surface area (Å²) in [6.07, 6.45) is 2.77. The van der Waals surface area contributed by atoms with E-state index in [1.54, 1.807) is 6.07 Å². The van der Waals surface area contributed by atoms with E-state index in [1.165, 1.54) is 11.1 Å². The molecule has 0 radical (unpaired) electrons. The van der Waals surface area contributed by atoms with Gasteiger partial charge in [0.15, 0.2) is 0 Å². The minimum absolute atomic E-state index is 0.150. The first kappa shape index (κ1) is 16.7. The van der Waals surface area contributed by atoms with Gasteiger partial charge in [0.05, 0.1) is 0 Å². The normalized spacial score (nSPS) is 10.8. The van der Waals surface area contributed by atoms with Crippen molar-refractivity contribution in [2.45, 2.75) is 26.2 Å². The molecule has 0 nitrogen and oxygen atoms in total. The van der Waals surface area contributed by atoms with Crippen LogP contribution in [0.3, 0.4) is 0 Å². The van der Waals surface area contributed by atoms with Gasteiger partial charge < -0.3 is 0 Å². The second-order valence-corrected chi connectivity index (χ2v) is 6.43. The van der Waals surface area contributed by atoms with E-state index in [2.05, 4.69) is 24.3 Å². The number of hydrogen-bond acceptors (Lipinski definition) is 0. The molecule has 0 unspecified atom stereocenters. The first-order valence-electron chi connectivity index (χ1n) is 8.28. The zero-order valence-electron chi connectivity index (χ0n) is 13.7. The van der Waals surface area contributed by atoms with Crippen molar-refractivity contribution in [3.05, 3.63) is 94.3 Å². The predicted octanol–water partition coefficient (Wildman–Crippen LogP) is 6.49. The molecule has 0 aliphatic heterocycles. The molecule has 3 aromatic rings. The Balaban J connectivity index is 1.70. The number of rotatable bonds is 5. The smallest absolute Gasteiger partial charge is 0.131 e. The Kier molecular flexibility index (Phi) is 5.32. The molecule has 0 atom stereocenters. The summed E-state index contributed by atoms with van der Waals surface area (Å²) in [5.74, 6) is -0.150. The first-order chi connectivity index (χ1) is 11.7. The fourth-order valence-electron chi connectivity index (χ4n) is 2.80. The van der Waals surface area contributed by atoms with Crippen LogP contribution in [0.1, 0.15) is 23.6 Å². The molecule has 0 saturated heterocycles. The van der Waals surface area contributed by atoms with Crippen LogP contribution in [0.2, 0.25) is 5.02 Å². The summed E-state index contributed by atoms with van der Waals surface area (Å²) in [4.78, 5) is 0. The highest BCUT2D eigenvalue weighted by atomic mass is 35.5. The van der Waals surface area contributed by atoms with Crippen LogP contribution in [0, 0.1) is 5.82 Å². The van der Waals surface area contributed by atoms with Gasteiger partial charge in [-0.25, -0.2) is 4.39 Å². The van der Waals surface area contributed by atoms with Crippen LogP contribution in [-0.2, 0) is 19.3 Å². The van der Waals surface area contributed by atoms with Gasteiger partial charge in [0.25, 0.3) is 0 Å². The van der Waals surface area contributed by atoms with Gasteiger partial charge >= 0.3 is 0 Å². The lowest BCUT2D eigenvalue weighted by Crippen LogP contribution is -1.92. The van der Waals surface area contributed by atoms with Crippen molar-refractivity contribution in [3.63, 3.8) is 0 Å². The maximum Gasteiger partial charge on any atom is 0.131 e. The van der Waals surface area contributed by atoms with Gasteiger partial charge in [-0.05, 0) is 59.7 Å². The summed E-state index contributed by atoms with van der Waals surface area (Å²) in [6, 6.07) is 21.6. The molecule has 0 amide bonds. The van der Waals surface area contributed by atoms with Crippen LogP contribution in [0.25, 0.3) is 11.1 Å². The standard InChI is InChI=1S/C22H20ClF/c1-2-16-9-14-21(22(24)15-16)19-10-5-17(6-11-19)3-4-18-7-12-20(23)13-8-18/h5-15H,2-4H2,1H3. The molecule has 0 N–H and O–H groups in total. The molecule has 0 aromatic heterocycles. The van der Waals surface area contributed by atoms with Crippen molar-refractivity contribution in [1.82, 2.24) is 0 Å². The summed E-state index contributed by atoms with van der Waals surface area (Å²) in [5.41, 5.74) is 5.13. The molecular formula is C22H20ClF. The molecule has 0 saturated carbocycles. The van der Waals surface area contributed by atoms with Gasteiger partial charge in [-0.1, -0.05) is 67.1 Å². The topological polar surface area (TPSA) is 0 Å². The third kappa shape index (κ3) is 4.04. The van der Waals surface area contributed by atoms with E-state index in [0.29, 0.717) is 5.56 Å². The van der Waals surface area contributed by atoms with Gasteiger partial charge in [0.1, 0.15) is 5.82 Å². The molecule has 0 heterocycles. The van der Waals surface area contributed by atoms with E-state index in [4.69, 9.17) is 11.6 Å². The molecule has 24 heavy (non-hydrogen) atoms. The molecule has 0 aliphatic rings. The second-order valence-electron chi connectivity index (χ2n) is 5.99. The van der Waals surface area contributed by atoms with Crippen LogP contribution in [0.15, 0.2) is 66.7 Å². The lowest BCUT2D eigenvalue weighted by molar-refractivity contribution is 0.629. The van der Waals surface area contributed by atoms with E-state index >= 15 is 0 Å². The Bertz CT molecular complexity index is 804. The third-order valence-corrected chi connectivity index (χ3v) is 4.57. The maximum atomic E-state index is 14.2. The van der Waals surface area contributed by atoms with Crippen LogP contribution in [0.5, 0.6) is 0 Å². The van der Waals surface area contributed by atoms with Gasteiger partial charge in [-0.3, -0.25) is 0 Å². The Labute approximate surface area is 147 Å². The molecule has 0 spiro atoms.